The van der Waals surface area contributed by atoms with Crippen LogP contribution >= 0.6 is 11.3 Å². The molecule has 1 saturated heterocycles. The molecule has 2 aromatic heterocycles. The van der Waals surface area contributed by atoms with Crippen LogP contribution < -0.4 is 0 Å². The van der Waals surface area contributed by atoms with Crippen LogP contribution in [0.3, 0.4) is 0 Å². The Labute approximate surface area is 146 Å². The molecule has 1 amide bonds. The van der Waals surface area contributed by atoms with Gasteiger partial charge in [0.15, 0.2) is 0 Å². The number of rotatable bonds is 3. The summed E-state index contributed by atoms with van der Waals surface area (Å²) in [4.78, 5) is 16.2. The smallest absolute Gasteiger partial charge is 0.225 e. The number of carbonyl (C=O) groups excluding carboxylic acids is 1. The fourth-order valence-electron chi connectivity index (χ4n) is 3.77. The molecule has 5 nitrogen and oxygen atoms in total. The van der Waals surface area contributed by atoms with Crippen molar-refractivity contribution in [2.45, 2.75) is 44.6 Å². The average Bonchev–Trinajstić information content (AvgIpc) is 3.24. The Morgan fingerprint density at radius 3 is 3.29 bits per heavy atom. The molecule has 0 aliphatic carbocycles. The van der Waals surface area contributed by atoms with Gasteiger partial charge in [-0.1, -0.05) is 0 Å². The Morgan fingerprint density at radius 2 is 2.46 bits per heavy atom. The summed E-state index contributed by atoms with van der Waals surface area (Å²) in [5.41, 5.74) is 3.38. The number of fused-ring (bicyclic) bond motifs is 1. The molecule has 0 radical (unpaired) electrons. The zero-order chi connectivity index (χ0) is 16.5. The molecular weight excluding hydrogens is 322 g/mol. The van der Waals surface area contributed by atoms with Crippen LogP contribution in [0.4, 0.5) is 0 Å². The highest BCUT2D eigenvalue weighted by Crippen LogP contribution is 2.34. The molecule has 1 N–H and O–H groups in total. The first-order chi connectivity index (χ1) is 11.7. The molecule has 2 aromatic rings. The van der Waals surface area contributed by atoms with E-state index < -0.39 is 0 Å². The lowest BCUT2D eigenvalue weighted by molar-refractivity contribution is -0.135. The van der Waals surface area contributed by atoms with Crippen LogP contribution in [0.25, 0.3) is 0 Å². The minimum absolute atomic E-state index is 0.0690. The number of piperidine rings is 1. The molecule has 2 aliphatic rings. The lowest BCUT2D eigenvalue weighted by atomic mass is 9.94. The molecule has 0 bridgehead atoms. The quantitative estimate of drug-likeness (QED) is 0.929. The number of hydrogen-bond donors (Lipinski definition) is 1. The van der Waals surface area contributed by atoms with Gasteiger partial charge in [-0.2, -0.15) is 5.10 Å². The minimum atomic E-state index is -0.0690. The maximum Gasteiger partial charge on any atom is 0.225 e. The normalized spacial score (nSPS) is 24.0. The maximum absolute atomic E-state index is 12.8. The number of likely N-dealkylation sites (tertiary alicyclic amines) is 1. The number of aromatic nitrogens is 2. The van der Waals surface area contributed by atoms with Crippen molar-refractivity contribution in [2.75, 3.05) is 19.7 Å². The first-order valence-electron chi connectivity index (χ1n) is 8.68. The number of hydrogen-bond acceptors (Lipinski definition) is 4. The number of nitrogens with one attached hydrogen (secondary N) is 1. The zero-order valence-corrected chi connectivity index (χ0v) is 14.8. The van der Waals surface area contributed by atoms with Gasteiger partial charge >= 0.3 is 0 Å². The molecule has 6 heteroatoms. The summed E-state index contributed by atoms with van der Waals surface area (Å²) >= 11 is 1.78. The number of aryl methyl sites for hydroxylation is 1. The van der Waals surface area contributed by atoms with Crippen molar-refractivity contribution in [3.05, 3.63) is 39.3 Å². The van der Waals surface area contributed by atoms with Crippen molar-refractivity contribution >= 4 is 17.2 Å². The summed E-state index contributed by atoms with van der Waals surface area (Å²) in [6.45, 7) is 4.36. The van der Waals surface area contributed by atoms with Gasteiger partial charge < -0.3 is 9.64 Å². The zero-order valence-electron chi connectivity index (χ0n) is 14.0. The van der Waals surface area contributed by atoms with Crippen molar-refractivity contribution < 1.29 is 9.53 Å². The Morgan fingerprint density at radius 1 is 1.54 bits per heavy atom. The summed E-state index contributed by atoms with van der Waals surface area (Å²) in [6.07, 6.45) is 3.50. The Hall–Kier alpha value is -1.66. The summed E-state index contributed by atoms with van der Waals surface area (Å²) in [5, 5.41) is 9.50. The van der Waals surface area contributed by atoms with E-state index in [1.165, 1.54) is 10.4 Å². The summed E-state index contributed by atoms with van der Waals surface area (Å²) in [7, 11) is 0. The topological polar surface area (TPSA) is 58.2 Å². The lowest BCUT2D eigenvalue weighted by Crippen LogP contribution is -2.40. The number of aromatic amines is 1. The third-order valence-corrected chi connectivity index (χ3v) is 6.05. The van der Waals surface area contributed by atoms with E-state index in [9.17, 15) is 4.79 Å². The van der Waals surface area contributed by atoms with Gasteiger partial charge in [-0.3, -0.25) is 9.89 Å². The van der Waals surface area contributed by atoms with E-state index in [0.717, 1.165) is 50.3 Å². The molecule has 24 heavy (non-hydrogen) atoms. The Kier molecular flexibility index (Phi) is 4.41. The number of amides is 1. The maximum atomic E-state index is 12.8. The van der Waals surface area contributed by atoms with E-state index in [-0.39, 0.29) is 12.0 Å². The van der Waals surface area contributed by atoms with Crippen molar-refractivity contribution in [1.29, 1.82) is 0 Å². The van der Waals surface area contributed by atoms with Crippen molar-refractivity contribution in [2.24, 2.45) is 0 Å². The number of H-pyrrole nitrogens is 1. The van der Waals surface area contributed by atoms with Crippen LogP contribution in [0.1, 0.15) is 53.1 Å². The molecular formula is C18H23N3O2S. The fraction of sp³-hybridized carbons (Fsp3) is 0.556. The first-order valence-corrected chi connectivity index (χ1v) is 9.56. The van der Waals surface area contributed by atoms with E-state index in [4.69, 9.17) is 4.74 Å². The second kappa shape index (κ2) is 6.69. The molecule has 2 unspecified atom stereocenters. The number of nitrogens with zero attached hydrogens (tertiary/aromatic N) is 2. The molecule has 4 rings (SSSR count). The number of ether oxygens (including phenoxy) is 1. The van der Waals surface area contributed by atoms with Crippen LogP contribution in [0.15, 0.2) is 17.5 Å². The van der Waals surface area contributed by atoms with Gasteiger partial charge in [0.25, 0.3) is 0 Å². The first kappa shape index (κ1) is 15.8. The highest BCUT2D eigenvalue weighted by molar-refractivity contribution is 7.10. The summed E-state index contributed by atoms with van der Waals surface area (Å²) in [5.74, 6) is 0.549. The highest BCUT2D eigenvalue weighted by atomic mass is 32.1. The standard InChI is InChI=1S/C18H23N3O2S/c1-12-9-15(20-19-12)13-3-2-6-21(11-13)18(22)10-16-14-5-8-24-17(14)4-7-23-16/h5,8-9,13,16H,2-4,6-7,10-11H2,1H3,(H,19,20). The van der Waals surface area contributed by atoms with Gasteiger partial charge in [-0.05, 0) is 42.8 Å². The largest absolute Gasteiger partial charge is 0.373 e. The van der Waals surface area contributed by atoms with Gasteiger partial charge in [0.2, 0.25) is 5.91 Å². The second-order valence-electron chi connectivity index (χ2n) is 6.77. The minimum Gasteiger partial charge on any atom is -0.373 e. The van der Waals surface area contributed by atoms with E-state index in [0.29, 0.717) is 12.3 Å². The monoisotopic (exact) mass is 345 g/mol. The third-order valence-electron chi connectivity index (χ3n) is 5.05. The van der Waals surface area contributed by atoms with Gasteiger partial charge in [-0.25, -0.2) is 0 Å². The van der Waals surface area contributed by atoms with Gasteiger partial charge in [0, 0.05) is 36.0 Å². The summed E-state index contributed by atoms with van der Waals surface area (Å²) in [6, 6.07) is 4.21. The highest BCUT2D eigenvalue weighted by Gasteiger charge is 2.30. The Bertz CT molecular complexity index is 723. The van der Waals surface area contributed by atoms with Crippen LogP contribution in [-0.2, 0) is 16.0 Å². The van der Waals surface area contributed by atoms with Crippen molar-refractivity contribution in [3.63, 3.8) is 0 Å². The number of carbonyl (C=O) groups is 1. The molecule has 0 aromatic carbocycles. The van der Waals surface area contributed by atoms with Crippen molar-refractivity contribution in [3.8, 4) is 0 Å². The van der Waals surface area contributed by atoms with E-state index in [1.54, 1.807) is 11.3 Å². The lowest BCUT2D eigenvalue weighted by Gasteiger charge is -2.33. The van der Waals surface area contributed by atoms with Gasteiger partial charge in [0.1, 0.15) is 0 Å². The van der Waals surface area contributed by atoms with Crippen LogP contribution in [0, 0.1) is 6.92 Å². The van der Waals surface area contributed by atoms with E-state index >= 15 is 0 Å². The molecule has 2 aliphatic heterocycles. The summed E-state index contributed by atoms with van der Waals surface area (Å²) < 4.78 is 5.88. The van der Waals surface area contributed by atoms with Crippen molar-refractivity contribution in [1.82, 2.24) is 15.1 Å². The van der Waals surface area contributed by atoms with Crippen LogP contribution in [-0.4, -0.2) is 40.7 Å². The fourth-order valence-corrected chi connectivity index (χ4v) is 4.69. The molecule has 128 valence electrons. The van der Waals surface area contributed by atoms with Gasteiger partial charge in [0.05, 0.1) is 24.8 Å². The predicted octanol–water partition coefficient (Wildman–Crippen LogP) is 3.19. The second-order valence-corrected chi connectivity index (χ2v) is 7.77. The molecule has 2 atom stereocenters. The predicted molar refractivity (Wildman–Crippen MR) is 93.2 cm³/mol. The van der Waals surface area contributed by atoms with E-state index in [2.05, 4.69) is 27.7 Å². The molecule has 1 fully saturated rings. The average molecular weight is 345 g/mol. The molecule has 0 spiro atoms. The van der Waals surface area contributed by atoms with E-state index in [1.807, 2.05) is 11.8 Å². The molecule has 0 saturated carbocycles. The SMILES string of the molecule is Cc1cc(C2CCCN(C(=O)CC3OCCc4sccc43)C2)n[nH]1. The van der Waals surface area contributed by atoms with Crippen LogP contribution in [0.5, 0.6) is 0 Å². The molecule has 4 heterocycles. The third kappa shape index (κ3) is 3.13. The Balaban J connectivity index is 1.42. The number of thiophene rings is 1. The van der Waals surface area contributed by atoms with Crippen LogP contribution in [0.2, 0.25) is 0 Å². The van der Waals surface area contributed by atoms with Gasteiger partial charge in [-0.15, -0.1) is 11.3 Å².